The molecule has 148 valence electrons. The highest BCUT2D eigenvalue weighted by atomic mass is 16.6. The fraction of sp³-hybridized carbons (Fsp3) is 0.864. The molecule has 2 unspecified atom stereocenters. The molecule has 3 aliphatic rings. The van der Waals surface area contributed by atoms with Gasteiger partial charge < -0.3 is 14.9 Å². The average Bonchev–Trinajstić information content (AvgIpc) is 2.49. The molecule has 26 heavy (non-hydrogen) atoms. The van der Waals surface area contributed by atoms with E-state index >= 15 is 0 Å². The summed E-state index contributed by atoms with van der Waals surface area (Å²) >= 11 is 0. The average molecular weight is 365 g/mol. The first kappa shape index (κ1) is 19.9. The van der Waals surface area contributed by atoms with Gasteiger partial charge in [0.15, 0.2) is 0 Å². The van der Waals surface area contributed by atoms with Crippen LogP contribution in [0.5, 0.6) is 0 Å². The number of ether oxygens (including phenoxy) is 1. The monoisotopic (exact) mass is 364 g/mol. The van der Waals surface area contributed by atoms with Crippen LogP contribution in [0, 0.1) is 28.1 Å². The molecule has 0 spiro atoms. The van der Waals surface area contributed by atoms with Crippen molar-refractivity contribution in [2.24, 2.45) is 28.1 Å². The van der Waals surface area contributed by atoms with Crippen LogP contribution in [0.4, 0.5) is 0 Å². The van der Waals surface area contributed by atoms with Gasteiger partial charge in [-0.3, -0.25) is 4.79 Å². The molecule has 0 saturated heterocycles. The van der Waals surface area contributed by atoms with Crippen LogP contribution >= 0.6 is 0 Å². The first-order chi connectivity index (χ1) is 11.9. The fourth-order valence-corrected chi connectivity index (χ4v) is 7.23. The van der Waals surface area contributed by atoms with Gasteiger partial charge in [0.2, 0.25) is 0 Å². The van der Waals surface area contributed by atoms with E-state index in [1.165, 1.54) is 13.3 Å². The molecule has 0 aromatic rings. The van der Waals surface area contributed by atoms with Gasteiger partial charge in [0, 0.05) is 18.3 Å². The highest BCUT2D eigenvalue weighted by Gasteiger charge is 2.67. The van der Waals surface area contributed by atoms with Crippen LogP contribution in [-0.4, -0.2) is 34.0 Å². The van der Waals surface area contributed by atoms with E-state index in [0.29, 0.717) is 18.8 Å². The molecule has 3 saturated carbocycles. The maximum Gasteiger partial charge on any atom is 0.303 e. The number of carbonyl (C=O) groups is 1. The SMILES string of the molecule is C=C[C@@]1(C)C[C@]2(O)CC[C@H]3C(C)(C)CCC[C@]3(C)[C@H]2C(O)C1OC(C)=O. The summed E-state index contributed by atoms with van der Waals surface area (Å²) in [5.41, 5.74) is -1.54. The Balaban J connectivity index is 2.07. The molecule has 0 bridgehead atoms. The molecule has 3 aliphatic carbocycles. The van der Waals surface area contributed by atoms with Gasteiger partial charge in [0.1, 0.15) is 6.10 Å². The molecule has 0 amide bonds. The van der Waals surface area contributed by atoms with Crippen LogP contribution in [-0.2, 0) is 9.53 Å². The third-order valence-electron chi connectivity index (χ3n) is 8.18. The summed E-state index contributed by atoms with van der Waals surface area (Å²) in [5, 5.41) is 23.1. The van der Waals surface area contributed by atoms with Crippen LogP contribution < -0.4 is 0 Å². The molecule has 0 aliphatic heterocycles. The number of carbonyl (C=O) groups excluding carboxylic acids is 1. The van der Waals surface area contributed by atoms with Crippen molar-refractivity contribution in [3.05, 3.63) is 12.7 Å². The van der Waals surface area contributed by atoms with Gasteiger partial charge in [-0.1, -0.05) is 40.2 Å². The summed E-state index contributed by atoms with van der Waals surface area (Å²) in [6.45, 7) is 14.1. The van der Waals surface area contributed by atoms with Gasteiger partial charge >= 0.3 is 5.97 Å². The van der Waals surface area contributed by atoms with Crippen molar-refractivity contribution in [2.75, 3.05) is 0 Å². The Bertz CT molecular complexity index is 599. The quantitative estimate of drug-likeness (QED) is 0.577. The van der Waals surface area contributed by atoms with Crippen LogP contribution in [0.2, 0.25) is 0 Å². The Kier molecular flexibility index (Phi) is 4.64. The van der Waals surface area contributed by atoms with E-state index in [1.807, 2.05) is 6.92 Å². The minimum Gasteiger partial charge on any atom is -0.459 e. The predicted octanol–water partition coefficient (Wildman–Crippen LogP) is 3.85. The molecule has 4 heteroatoms. The molecule has 0 heterocycles. The maximum absolute atomic E-state index is 11.7. The van der Waals surface area contributed by atoms with Crippen LogP contribution in [0.15, 0.2) is 12.7 Å². The lowest BCUT2D eigenvalue weighted by Crippen LogP contribution is -2.70. The van der Waals surface area contributed by atoms with E-state index in [-0.39, 0.29) is 16.7 Å². The molecular formula is C22H36O4. The number of rotatable bonds is 2. The summed E-state index contributed by atoms with van der Waals surface area (Å²) < 4.78 is 5.61. The Hall–Kier alpha value is -0.870. The van der Waals surface area contributed by atoms with Gasteiger partial charge in [0.25, 0.3) is 0 Å². The fourth-order valence-electron chi connectivity index (χ4n) is 7.23. The highest BCUT2D eigenvalue weighted by molar-refractivity contribution is 5.66. The Morgan fingerprint density at radius 1 is 1.19 bits per heavy atom. The molecule has 3 rings (SSSR count). The van der Waals surface area contributed by atoms with Gasteiger partial charge in [-0.05, 0) is 48.9 Å². The minimum atomic E-state index is -0.947. The van der Waals surface area contributed by atoms with Crippen LogP contribution in [0.25, 0.3) is 0 Å². The lowest BCUT2D eigenvalue weighted by atomic mass is 9.41. The second kappa shape index (κ2) is 6.07. The zero-order chi connectivity index (χ0) is 19.5. The van der Waals surface area contributed by atoms with Crippen molar-refractivity contribution in [1.82, 2.24) is 0 Å². The topological polar surface area (TPSA) is 66.8 Å². The van der Waals surface area contributed by atoms with Gasteiger partial charge in [-0.15, -0.1) is 6.58 Å². The molecule has 7 atom stereocenters. The molecule has 0 aromatic carbocycles. The predicted molar refractivity (Wildman–Crippen MR) is 101 cm³/mol. The largest absolute Gasteiger partial charge is 0.459 e. The van der Waals surface area contributed by atoms with E-state index in [0.717, 1.165) is 19.3 Å². The third-order valence-corrected chi connectivity index (χ3v) is 8.18. The number of aliphatic hydroxyl groups excluding tert-OH is 1. The Morgan fingerprint density at radius 3 is 2.42 bits per heavy atom. The second-order valence-electron chi connectivity index (χ2n) is 10.4. The zero-order valence-electron chi connectivity index (χ0n) is 17.0. The van der Waals surface area contributed by atoms with E-state index in [2.05, 4.69) is 27.4 Å². The summed E-state index contributed by atoms with van der Waals surface area (Å²) in [6, 6.07) is 0. The molecule has 2 N–H and O–H groups in total. The first-order valence-corrected chi connectivity index (χ1v) is 10.1. The van der Waals surface area contributed by atoms with Crippen molar-refractivity contribution in [3.8, 4) is 0 Å². The van der Waals surface area contributed by atoms with Crippen LogP contribution in [0.3, 0.4) is 0 Å². The summed E-state index contributed by atoms with van der Waals surface area (Å²) in [4.78, 5) is 11.7. The van der Waals surface area contributed by atoms with E-state index in [4.69, 9.17) is 4.74 Å². The van der Waals surface area contributed by atoms with Crippen molar-refractivity contribution in [3.63, 3.8) is 0 Å². The maximum atomic E-state index is 11.7. The van der Waals surface area contributed by atoms with Crippen molar-refractivity contribution < 1.29 is 19.7 Å². The molecule has 3 fully saturated rings. The molecule has 4 nitrogen and oxygen atoms in total. The number of hydrogen-bond acceptors (Lipinski definition) is 4. The Labute approximate surface area is 158 Å². The summed E-state index contributed by atoms with van der Waals surface area (Å²) in [7, 11) is 0. The van der Waals surface area contributed by atoms with Gasteiger partial charge in [0.05, 0.1) is 11.7 Å². The normalized spacial score (nSPS) is 50.3. The second-order valence-corrected chi connectivity index (χ2v) is 10.4. The lowest BCUT2D eigenvalue weighted by molar-refractivity contribution is -0.269. The number of aliphatic hydroxyl groups is 2. The standard InChI is InChI=1S/C22H36O4/c1-7-20(5)13-22(25)12-9-15-19(3,4)10-8-11-21(15,6)17(22)16(24)18(20)26-14(2)23/h7,15-18,24-25H,1,8-13H2,2-6H3/t15-,16?,17+,18?,20-,21-,22+/m0/s1. The van der Waals surface area contributed by atoms with Crippen LogP contribution in [0.1, 0.15) is 73.1 Å². The van der Waals surface area contributed by atoms with E-state index in [1.54, 1.807) is 6.08 Å². The smallest absolute Gasteiger partial charge is 0.303 e. The number of fused-ring (bicyclic) bond motifs is 3. The highest BCUT2D eigenvalue weighted by Crippen LogP contribution is 2.66. The zero-order valence-corrected chi connectivity index (χ0v) is 17.0. The summed E-state index contributed by atoms with van der Waals surface area (Å²) in [6.07, 6.45) is 5.64. The van der Waals surface area contributed by atoms with Crippen molar-refractivity contribution in [1.29, 1.82) is 0 Å². The molecule has 0 aromatic heterocycles. The van der Waals surface area contributed by atoms with E-state index < -0.39 is 29.2 Å². The van der Waals surface area contributed by atoms with Gasteiger partial charge in [-0.25, -0.2) is 0 Å². The summed E-state index contributed by atoms with van der Waals surface area (Å²) in [5.74, 6) is -0.227. The minimum absolute atomic E-state index is 0.158. The third kappa shape index (κ3) is 2.75. The molecule has 0 radical (unpaired) electrons. The number of hydrogen-bond donors (Lipinski definition) is 2. The Morgan fingerprint density at radius 2 is 1.85 bits per heavy atom. The van der Waals surface area contributed by atoms with Gasteiger partial charge in [-0.2, -0.15) is 0 Å². The van der Waals surface area contributed by atoms with Crippen molar-refractivity contribution >= 4 is 5.97 Å². The molecular weight excluding hydrogens is 328 g/mol. The lowest BCUT2D eigenvalue weighted by Gasteiger charge is -2.66. The number of esters is 1. The van der Waals surface area contributed by atoms with E-state index in [9.17, 15) is 15.0 Å². The van der Waals surface area contributed by atoms with Crippen molar-refractivity contribution in [2.45, 2.75) is 91.0 Å². The first-order valence-electron chi connectivity index (χ1n) is 10.1.